The fraction of sp³-hybridized carbons (Fsp3) is 0.105. The monoisotopic (exact) mass is 352 g/mol. The van der Waals surface area contributed by atoms with Gasteiger partial charge in [0.05, 0.1) is 0 Å². The van der Waals surface area contributed by atoms with Crippen molar-refractivity contribution >= 4 is 29.0 Å². The average molecular weight is 353 g/mol. The number of halogens is 1. The minimum Gasteiger partial charge on any atom is -0.347 e. The number of amides is 1. The molecule has 25 heavy (non-hydrogen) atoms. The zero-order valence-electron chi connectivity index (χ0n) is 13.7. The van der Waals surface area contributed by atoms with E-state index in [-0.39, 0.29) is 5.91 Å². The number of anilines is 2. The van der Waals surface area contributed by atoms with Crippen LogP contribution in [0, 0.1) is 6.92 Å². The second kappa shape index (κ2) is 7.77. The van der Waals surface area contributed by atoms with E-state index >= 15 is 0 Å². The number of carbonyl (C=O) groups excluding carboxylic acids is 1. The van der Waals surface area contributed by atoms with Crippen molar-refractivity contribution in [2.75, 3.05) is 5.32 Å². The number of hydrogen-bond donors (Lipinski definition) is 2. The van der Waals surface area contributed by atoms with Gasteiger partial charge in [0.1, 0.15) is 17.8 Å². The standard InChI is InChI=1S/C19H17ClN4O/c1-13-3-2-4-16(9-13)24-18-10-17(22-12-23-18)19(25)21-11-14-5-7-15(20)8-6-14/h2-10,12H,11H2,1H3,(H,21,25)(H,22,23,24). The third-order valence-electron chi connectivity index (χ3n) is 3.56. The van der Waals surface area contributed by atoms with Crippen molar-refractivity contribution in [3.8, 4) is 0 Å². The van der Waals surface area contributed by atoms with Crippen LogP contribution < -0.4 is 10.6 Å². The predicted molar refractivity (Wildman–Crippen MR) is 99.1 cm³/mol. The summed E-state index contributed by atoms with van der Waals surface area (Å²) in [6.07, 6.45) is 1.37. The summed E-state index contributed by atoms with van der Waals surface area (Å²) in [6, 6.07) is 16.9. The second-order valence-electron chi connectivity index (χ2n) is 5.59. The van der Waals surface area contributed by atoms with Crippen LogP contribution >= 0.6 is 11.6 Å². The average Bonchev–Trinajstić information content (AvgIpc) is 2.61. The number of aryl methyl sites for hydroxylation is 1. The Morgan fingerprint density at radius 1 is 1.08 bits per heavy atom. The summed E-state index contributed by atoms with van der Waals surface area (Å²) in [5, 5.41) is 6.67. The number of carbonyl (C=O) groups is 1. The molecule has 0 saturated carbocycles. The Balaban J connectivity index is 1.65. The Bertz CT molecular complexity index is 881. The Morgan fingerprint density at radius 3 is 2.64 bits per heavy atom. The van der Waals surface area contributed by atoms with Crippen molar-refractivity contribution in [3.63, 3.8) is 0 Å². The van der Waals surface area contributed by atoms with Crippen LogP contribution in [0.1, 0.15) is 21.6 Å². The Kier molecular flexibility index (Phi) is 5.26. The van der Waals surface area contributed by atoms with Crippen LogP contribution in [0.5, 0.6) is 0 Å². The molecule has 6 heteroatoms. The molecule has 0 aliphatic carbocycles. The highest BCUT2D eigenvalue weighted by Crippen LogP contribution is 2.16. The van der Waals surface area contributed by atoms with Crippen LogP contribution in [0.15, 0.2) is 60.9 Å². The van der Waals surface area contributed by atoms with Gasteiger partial charge in [-0.2, -0.15) is 0 Å². The molecule has 0 saturated heterocycles. The van der Waals surface area contributed by atoms with Crippen LogP contribution in [-0.2, 0) is 6.54 Å². The molecule has 2 aromatic carbocycles. The zero-order valence-corrected chi connectivity index (χ0v) is 14.4. The molecule has 0 fully saturated rings. The number of nitrogens with one attached hydrogen (secondary N) is 2. The molecule has 3 aromatic rings. The molecule has 0 spiro atoms. The van der Waals surface area contributed by atoms with Crippen LogP contribution in [0.25, 0.3) is 0 Å². The fourth-order valence-electron chi connectivity index (χ4n) is 2.30. The Morgan fingerprint density at radius 2 is 1.88 bits per heavy atom. The number of rotatable bonds is 5. The van der Waals surface area contributed by atoms with Crippen LogP contribution in [-0.4, -0.2) is 15.9 Å². The molecule has 0 aliphatic rings. The van der Waals surface area contributed by atoms with E-state index in [4.69, 9.17) is 11.6 Å². The second-order valence-corrected chi connectivity index (χ2v) is 6.03. The first-order valence-corrected chi connectivity index (χ1v) is 8.16. The number of nitrogens with zero attached hydrogens (tertiary/aromatic N) is 2. The van der Waals surface area contributed by atoms with Gasteiger partial charge < -0.3 is 10.6 Å². The fourth-order valence-corrected chi connectivity index (χ4v) is 2.42. The zero-order chi connectivity index (χ0) is 17.6. The van der Waals surface area contributed by atoms with E-state index in [0.29, 0.717) is 23.1 Å². The summed E-state index contributed by atoms with van der Waals surface area (Å²) in [6.45, 7) is 2.42. The largest absolute Gasteiger partial charge is 0.347 e. The summed E-state index contributed by atoms with van der Waals surface area (Å²) in [5.41, 5.74) is 3.32. The first-order valence-electron chi connectivity index (χ1n) is 7.78. The molecule has 0 atom stereocenters. The Hall–Kier alpha value is -2.92. The first kappa shape index (κ1) is 16.9. The molecular formula is C19H17ClN4O. The molecule has 1 aromatic heterocycles. The minimum absolute atomic E-state index is 0.260. The van der Waals surface area contributed by atoms with Crippen molar-refractivity contribution in [2.45, 2.75) is 13.5 Å². The van der Waals surface area contributed by atoms with Gasteiger partial charge in [-0.15, -0.1) is 0 Å². The molecule has 0 unspecified atom stereocenters. The van der Waals surface area contributed by atoms with Crippen LogP contribution in [0.3, 0.4) is 0 Å². The topological polar surface area (TPSA) is 66.9 Å². The van der Waals surface area contributed by atoms with Gasteiger partial charge in [-0.05, 0) is 42.3 Å². The summed E-state index contributed by atoms with van der Waals surface area (Å²) in [5.74, 6) is 0.307. The maximum absolute atomic E-state index is 12.3. The summed E-state index contributed by atoms with van der Waals surface area (Å²) >= 11 is 5.85. The van der Waals surface area contributed by atoms with Gasteiger partial charge in [-0.1, -0.05) is 35.9 Å². The lowest BCUT2D eigenvalue weighted by Gasteiger charge is -2.08. The smallest absolute Gasteiger partial charge is 0.270 e. The number of benzene rings is 2. The minimum atomic E-state index is -0.260. The number of aromatic nitrogens is 2. The van der Waals surface area contributed by atoms with E-state index < -0.39 is 0 Å². The quantitative estimate of drug-likeness (QED) is 0.725. The van der Waals surface area contributed by atoms with Crippen molar-refractivity contribution in [1.82, 2.24) is 15.3 Å². The van der Waals surface area contributed by atoms with Crippen LogP contribution in [0.4, 0.5) is 11.5 Å². The van der Waals surface area contributed by atoms with Gasteiger partial charge in [0, 0.05) is 23.3 Å². The van der Waals surface area contributed by atoms with Gasteiger partial charge in [0.25, 0.3) is 5.91 Å². The maximum atomic E-state index is 12.3. The van der Waals surface area contributed by atoms with E-state index in [1.807, 2.05) is 43.3 Å². The van der Waals surface area contributed by atoms with E-state index in [1.54, 1.807) is 18.2 Å². The van der Waals surface area contributed by atoms with E-state index in [2.05, 4.69) is 20.6 Å². The van der Waals surface area contributed by atoms with Crippen molar-refractivity contribution in [1.29, 1.82) is 0 Å². The van der Waals surface area contributed by atoms with Crippen molar-refractivity contribution in [2.24, 2.45) is 0 Å². The Labute approximate surface area is 151 Å². The third kappa shape index (κ3) is 4.78. The van der Waals surface area contributed by atoms with E-state index in [9.17, 15) is 4.79 Å². The molecule has 0 aliphatic heterocycles. The van der Waals surface area contributed by atoms with Gasteiger partial charge in [0.2, 0.25) is 0 Å². The van der Waals surface area contributed by atoms with Gasteiger partial charge >= 0.3 is 0 Å². The summed E-state index contributed by atoms with van der Waals surface area (Å²) in [4.78, 5) is 20.5. The highest BCUT2D eigenvalue weighted by molar-refractivity contribution is 6.30. The lowest BCUT2D eigenvalue weighted by atomic mass is 10.2. The molecule has 3 rings (SSSR count). The summed E-state index contributed by atoms with van der Waals surface area (Å²) < 4.78 is 0. The molecule has 1 heterocycles. The van der Waals surface area contributed by atoms with Crippen LogP contribution in [0.2, 0.25) is 5.02 Å². The summed E-state index contributed by atoms with van der Waals surface area (Å²) in [7, 11) is 0. The lowest BCUT2D eigenvalue weighted by Crippen LogP contribution is -2.24. The molecule has 1 amide bonds. The lowest BCUT2D eigenvalue weighted by molar-refractivity contribution is 0.0946. The number of hydrogen-bond acceptors (Lipinski definition) is 4. The first-order chi connectivity index (χ1) is 12.1. The predicted octanol–water partition coefficient (Wildman–Crippen LogP) is 4.11. The SMILES string of the molecule is Cc1cccc(Nc2cc(C(=O)NCc3ccc(Cl)cc3)ncn2)c1. The molecular weight excluding hydrogens is 336 g/mol. The van der Waals surface area contributed by atoms with Gasteiger partial charge in [0.15, 0.2) is 0 Å². The molecule has 2 N–H and O–H groups in total. The highest BCUT2D eigenvalue weighted by atomic mass is 35.5. The van der Waals surface area contributed by atoms with Gasteiger partial charge in [-0.25, -0.2) is 9.97 Å². The van der Waals surface area contributed by atoms with Crippen molar-refractivity contribution < 1.29 is 4.79 Å². The van der Waals surface area contributed by atoms with E-state index in [1.165, 1.54) is 6.33 Å². The normalized spacial score (nSPS) is 10.3. The van der Waals surface area contributed by atoms with Gasteiger partial charge in [-0.3, -0.25) is 4.79 Å². The maximum Gasteiger partial charge on any atom is 0.270 e. The van der Waals surface area contributed by atoms with E-state index in [0.717, 1.165) is 16.8 Å². The molecule has 126 valence electrons. The molecule has 0 bridgehead atoms. The van der Waals surface area contributed by atoms with Crippen molar-refractivity contribution in [3.05, 3.63) is 82.8 Å². The highest BCUT2D eigenvalue weighted by Gasteiger charge is 2.09. The molecule has 0 radical (unpaired) electrons. The molecule has 5 nitrogen and oxygen atoms in total. The third-order valence-corrected chi connectivity index (χ3v) is 3.81.